The molecule has 128 valence electrons. The number of aromatic nitrogens is 4. The Hall–Kier alpha value is -2.48. The second-order valence-electron chi connectivity index (χ2n) is 5.98. The molecule has 3 heterocycles. The van der Waals surface area contributed by atoms with E-state index in [1.54, 1.807) is 19.2 Å². The topological polar surface area (TPSA) is 94.0 Å². The van der Waals surface area contributed by atoms with Gasteiger partial charge < -0.3 is 10.1 Å². The largest absolute Gasteiger partial charge is 0.371 e. The zero-order chi connectivity index (χ0) is 17.3. The molecule has 0 aromatic carbocycles. The first kappa shape index (κ1) is 16.4. The first-order valence-corrected chi connectivity index (χ1v) is 7.94. The van der Waals surface area contributed by atoms with E-state index in [0.717, 1.165) is 23.4 Å². The Labute approximate surface area is 140 Å². The van der Waals surface area contributed by atoms with Crippen LogP contribution in [-0.2, 0) is 11.8 Å². The minimum atomic E-state index is -0.298. The molecule has 24 heavy (non-hydrogen) atoms. The van der Waals surface area contributed by atoms with Crippen LogP contribution in [0.25, 0.3) is 0 Å². The molecule has 2 N–H and O–H groups in total. The van der Waals surface area contributed by atoms with Gasteiger partial charge in [-0.1, -0.05) is 0 Å². The molecule has 0 radical (unpaired) electrons. The van der Waals surface area contributed by atoms with Crippen LogP contribution in [0.1, 0.15) is 35.3 Å². The van der Waals surface area contributed by atoms with E-state index in [4.69, 9.17) is 4.74 Å². The maximum absolute atomic E-state index is 12.3. The molecule has 2 aromatic heterocycles. The van der Waals surface area contributed by atoms with Gasteiger partial charge in [-0.2, -0.15) is 5.10 Å². The van der Waals surface area contributed by atoms with Crippen LogP contribution in [0.4, 0.5) is 10.6 Å². The summed E-state index contributed by atoms with van der Waals surface area (Å²) in [4.78, 5) is 20.5. The maximum atomic E-state index is 12.3. The summed E-state index contributed by atoms with van der Waals surface area (Å²) in [6, 6.07) is 1.26. The minimum absolute atomic E-state index is 0.102. The fourth-order valence-corrected chi connectivity index (χ4v) is 3.07. The van der Waals surface area contributed by atoms with Crippen LogP contribution in [0, 0.1) is 20.8 Å². The number of urea groups is 1. The number of hydrogen-bond acceptors (Lipinski definition) is 5. The number of carbonyl (C=O) groups is 1. The van der Waals surface area contributed by atoms with Gasteiger partial charge in [0, 0.05) is 31.1 Å². The first-order valence-electron chi connectivity index (χ1n) is 7.94. The monoisotopic (exact) mass is 330 g/mol. The van der Waals surface area contributed by atoms with E-state index in [2.05, 4.69) is 25.7 Å². The average molecular weight is 330 g/mol. The molecule has 1 aliphatic rings. The van der Waals surface area contributed by atoms with E-state index in [9.17, 15) is 4.79 Å². The number of aryl methyl sites for hydroxylation is 3. The second kappa shape index (κ2) is 6.56. The predicted molar refractivity (Wildman–Crippen MR) is 88.7 cm³/mol. The molecule has 3 rings (SSSR count). The van der Waals surface area contributed by atoms with Crippen molar-refractivity contribution in [2.24, 2.45) is 7.05 Å². The maximum Gasteiger partial charge on any atom is 0.320 e. The van der Waals surface area contributed by atoms with E-state index < -0.39 is 0 Å². The van der Waals surface area contributed by atoms with Crippen molar-refractivity contribution < 1.29 is 9.53 Å². The van der Waals surface area contributed by atoms with Crippen molar-refractivity contribution in [3.05, 3.63) is 35.0 Å². The van der Waals surface area contributed by atoms with Crippen molar-refractivity contribution in [1.82, 2.24) is 25.1 Å². The van der Waals surface area contributed by atoms with Gasteiger partial charge in [0.15, 0.2) is 0 Å². The van der Waals surface area contributed by atoms with Gasteiger partial charge in [-0.3, -0.25) is 10.00 Å². The lowest BCUT2D eigenvalue weighted by Gasteiger charge is -2.20. The van der Waals surface area contributed by atoms with Crippen LogP contribution in [0.2, 0.25) is 0 Å². The highest BCUT2D eigenvalue weighted by Crippen LogP contribution is 2.33. The number of anilines is 1. The Morgan fingerprint density at radius 3 is 2.83 bits per heavy atom. The Morgan fingerprint density at radius 2 is 2.17 bits per heavy atom. The van der Waals surface area contributed by atoms with Crippen molar-refractivity contribution in [2.75, 3.05) is 11.9 Å². The molecule has 0 unspecified atom stereocenters. The summed E-state index contributed by atoms with van der Waals surface area (Å²) in [5, 5.41) is 10.2. The number of nitrogens with zero attached hydrogens (tertiary/aromatic N) is 4. The van der Waals surface area contributed by atoms with Gasteiger partial charge >= 0.3 is 6.03 Å². The van der Waals surface area contributed by atoms with Crippen molar-refractivity contribution in [3.8, 4) is 0 Å². The fraction of sp³-hybridized carbons (Fsp3) is 0.500. The molecule has 2 aromatic rings. The zero-order valence-electron chi connectivity index (χ0n) is 14.3. The highest BCUT2D eigenvalue weighted by molar-refractivity contribution is 5.88. The van der Waals surface area contributed by atoms with Crippen LogP contribution in [0.5, 0.6) is 0 Å². The third-order valence-electron chi connectivity index (χ3n) is 4.28. The fourth-order valence-electron chi connectivity index (χ4n) is 3.07. The zero-order valence-corrected chi connectivity index (χ0v) is 14.3. The van der Waals surface area contributed by atoms with Crippen LogP contribution < -0.4 is 10.6 Å². The van der Waals surface area contributed by atoms with Crippen LogP contribution in [0.3, 0.4) is 0 Å². The van der Waals surface area contributed by atoms with Gasteiger partial charge in [0.2, 0.25) is 0 Å². The van der Waals surface area contributed by atoms with Crippen molar-refractivity contribution in [3.63, 3.8) is 0 Å². The average Bonchev–Trinajstić information content (AvgIpc) is 3.04. The van der Waals surface area contributed by atoms with Gasteiger partial charge in [-0.25, -0.2) is 14.8 Å². The van der Waals surface area contributed by atoms with E-state index in [-0.39, 0.29) is 18.2 Å². The molecule has 0 aliphatic carbocycles. The van der Waals surface area contributed by atoms with Crippen LogP contribution >= 0.6 is 0 Å². The summed E-state index contributed by atoms with van der Waals surface area (Å²) in [7, 11) is 1.91. The van der Waals surface area contributed by atoms with E-state index in [1.807, 2.05) is 25.6 Å². The van der Waals surface area contributed by atoms with E-state index in [1.165, 1.54) is 0 Å². The van der Waals surface area contributed by atoms with Gasteiger partial charge in [0.1, 0.15) is 17.7 Å². The highest BCUT2D eigenvalue weighted by atomic mass is 16.5. The van der Waals surface area contributed by atoms with Gasteiger partial charge in [-0.05, 0) is 33.3 Å². The summed E-state index contributed by atoms with van der Waals surface area (Å²) in [6.07, 6.45) is 2.19. The molecular formula is C16H22N6O2. The molecule has 1 saturated heterocycles. The smallest absolute Gasteiger partial charge is 0.320 e. The molecule has 2 amide bonds. The summed E-state index contributed by atoms with van der Waals surface area (Å²) < 4.78 is 7.72. The Balaban J connectivity index is 1.71. The molecule has 8 heteroatoms. The summed E-state index contributed by atoms with van der Waals surface area (Å²) in [6.45, 7) is 6.36. The molecule has 8 nitrogen and oxygen atoms in total. The lowest BCUT2D eigenvalue weighted by atomic mass is 10.0. The van der Waals surface area contributed by atoms with E-state index in [0.29, 0.717) is 18.2 Å². The third kappa shape index (κ3) is 3.23. The molecular weight excluding hydrogens is 308 g/mol. The van der Waals surface area contributed by atoms with Gasteiger partial charge in [-0.15, -0.1) is 0 Å². The number of ether oxygens (including phenoxy) is 1. The van der Waals surface area contributed by atoms with Crippen molar-refractivity contribution >= 4 is 11.8 Å². The van der Waals surface area contributed by atoms with Gasteiger partial charge in [0.25, 0.3) is 0 Å². The Kier molecular flexibility index (Phi) is 4.48. The third-order valence-corrected chi connectivity index (χ3v) is 4.28. The quantitative estimate of drug-likeness (QED) is 0.895. The number of nitrogens with one attached hydrogen (secondary N) is 2. The number of amides is 2. The van der Waals surface area contributed by atoms with Gasteiger partial charge in [0.05, 0.1) is 11.7 Å². The predicted octanol–water partition coefficient (Wildman–Crippen LogP) is 1.79. The summed E-state index contributed by atoms with van der Waals surface area (Å²) >= 11 is 0. The van der Waals surface area contributed by atoms with Crippen molar-refractivity contribution in [2.45, 2.75) is 39.3 Å². The lowest BCUT2D eigenvalue weighted by Crippen LogP contribution is -2.40. The molecule has 0 spiro atoms. The van der Waals surface area contributed by atoms with E-state index >= 15 is 0 Å². The number of carbonyl (C=O) groups excluding carboxylic acids is 1. The molecule has 1 aliphatic heterocycles. The van der Waals surface area contributed by atoms with Crippen molar-refractivity contribution in [1.29, 1.82) is 0 Å². The Bertz CT molecular complexity index is 757. The number of hydrogen-bond donors (Lipinski definition) is 2. The lowest BCUT2D eigenvalue weighted by molar-refractivity contribution is 0.0993. The number of rotatable bonds is 3. The van der Waals surface area contributed by atoms with Crippen LogP contribution in [0.15, 0.2) is 12.3 Å². The second-order valence-corrected chi connectivity index (χ2v) is 5.98. The summed E-state index contributed by atoms with van der Waals surface area (Å²) in [5.41, 5.74) is 3.04. The molecule has 1 fully saturated rings. The SMILES string of the molecule is Cc1nccc(NC(=O)N[C@H]2CCO[C@@H]2c2c(C)nn(C)c2C)n1. The standard InChI is InChI=1S/C16H22N6O2/c1-9-14(10(2)22(4)21-9)15-12(6-8-24-15)19-16(23)20-13-5-7-17-11(3)18-13/h5,7,12,15H,6,8H2,1-4H3,(H2,17,18,19,20,23)/t12-,15-/m0/s1. The minimum Gasteiger partial charge on any atom is -0.371 e. The molecule has 0 saturated carbocycles. The molecule has 2 atom stereocenters. The molecule has 0 bridgehead atoms. The van der Waals surface area contributed by atoms with Crippen LogP contribution in [-0.4, -0.2) is 38.4 Å². The normalized spacial score (nSPS) is 20.2. The summed E-state index contributed by atoms with van der Waals surface area (Å²) in [5.74, 6) is 1.08. The Morgan fingerprint density at radius 1 is 1.38 bits per heavy atom. The highest BCUT2D eigenvalue weighted by Gasteiger charge is 2.34. The first-order chi connectivity index (χ1) is 11.5.